The van der Waals surface area contributed by atoms with E-state index in [4.69, 9.17) is 5.11 Å². The molecule has 0 spiro atoms. The average Bonchev–Trinajstić information content (AvgIpc) is 1.71. The van der Waals surface area contributed by atoms with Gasteiger partial charge < -0.3 is 5.11 Å². The van der Waals surface area contributed by atoms with Crippen LogP contribution in [0.1, 0.15) is 20.8 Å². The largest absolute Gasteiger partial charge is 0.400 e. The van der Waals surface area contributed by atoms with Crippen molar-refractivity contribution in [2.75, 3.05) is 13.3 Å². The number of hydrogen-bond acceptors (Lipinski definition) is 1. The minimum Gasteiger partial charge on any atom is -0.400 e. The molecular weight excluding hydrogens is 119 g/mol. The minimum atomic E-state index is 0.505. The lowest BCUT2D eigenvalue weighted by atomic mass is 10.0. The Morgan fingerprint density at radius 3 is 1.38 bits per heavy atom. The Labute approximate surface area is 54.7 Å². The van der Waals surface area contributed by atoms with Crippen molar-refractivity contribution in [2.45, 2.75) is 20.8 Å². The molecule has 1 nitrogen and oxygen atoms in total. The maximum absolute atomic E-state index is 7.00. The second kappa shape index (κ2) is 5.53. The SMILES string of the molecule is CC(C)(C)CP.CO. The van der Waals surface area contributed by atoms with E-state index in [1.165, 1.54) is 6.16 Å². The fourth-order valence-corrected chi connectivity index (χ4v) is 0. The summed E-state index contributed by atoms with van der Waals surface area (Å²) in [5.41, 5.74) is 0.505. The van der Waals surface area contributed by atoms with Gasteiger partial charge in [0.25, 0.3) is 0 Å². The van der Waals surface area contributed by atoms with Crippen LogP contribution >= 0.6 is 9.24 Å². The lowest BCUT2D eigenvalue weighted by Gasteiger charge is -2.12. The second-order valence-electron chi connectivity index (χ2n) is 2.76. The van der Waals surface area contributed by atoms with Gasteiger partial charge in [-0.05, 0) is 11.6 Å². The van der Waals surface area contributed by atoms with Crippen molar-refractivity contribution in [3.63, 3.8) is 0 Å². The minimum absolute atomic E-state index is 0.505. The molecule has 0 rings (SSSR count). The van der Waals surface area contributed by atoms with Crippen LogP contribution in [0.3, 0.4) is 0 Å². The molecule has 8 heavy (non-hydrogen) atoms. The van der Waals surface area contributed by atoms with E-state index in [1.54, 1.807) is 0 Å². The van der Waals surface area contributed by atoms with Crippen LogP contribution in [0.5, 0.6) is 0 Å². The summed E-state index contributed by atoms with van der Waals surface area (Å²) >= 11 is 0. The molecule has 1 unspecified atom stereocenters. The van der Waals surface area contributed by atoms with Crippen molar-refractivity contribution in [1.29, 1.82) is 0 Å². The highest BCUT2D eigenvalue weighted by Gasteiger charge is 2.03. The van der Waals surface area contributed by atoms with Gasteiger partial charge in [0.15, 0.2) is 0 Å². The first-order valence-electron chi connectivity index (χ1n) is 2.71. The Balaban J connectivity index is 0. The van der Waals surface area contributed by atoms with E-state index in [9.17, 15) is 0 Å². The molecule has 0 aromatic carbocycles. The zero-order valence-electron chi connectivity index (χ0n) is 6.23. The smallest absolute Gasteiger partial charge is 0.0319 e. The summed E-state index contributed by atoms with van der Waals surface area (Å²) in [7, 11) is 3.72. The predicted octanol–water partition coefficient (Wildman–Crippen LogP) is 1.52. The molecule has 1 N–H and O–H groups in total. The highest BCUT2D eigenvalue weighted by molar-refractivity contribution is 7.16. The summed E-state index contributed by atoms with van der Waals surface area (Å²) in [5, 5.41) is 7.00. The zero-order chi connectivity index (χ0) is 7.21. The summed E-state index contributed by atoms with van der Waals surface area (Å²) in [6, 6.07) is 0. The van der Waals surface area contributed by atoms with Gasteiger partial charge in [-0.2, -0.15) is 0 Å². The van der Waals surface area contributed by atoms with Crippen molar-refractivity contribution in [2.24, 2.45) is 5.41 Å². The average molecular weight is 136 g/mol. The van der Waals surface area contributed by atoms with E-state index in [0.29, 0.717) is 5.41 Å². The highest BCUT2D eigenvalue weighted by Crippen LogP contribution is 2.14. The molecular formula is C6H17OP. The van der Waals surface area contributed by atoms with Crippen molar-refractivity contribution in [3.05, 3.63) is 0 Å². The third-order valence-corrected chi connectivity index (χ3v) is 1.84. The molecule has 0 amide bonds. The van der Waals surface area contributed by atoms with Gasteiger partial charge >= 0.3 is 0 Å². The van der Waals surface area contributed by atoms with Crippen LogP contribution in [-0.2, 0) is 0 Å². The topological polar surface area (TPSA) is 20.2 Å². The van der Waals surface area contributed by atoms with Gasteiger partial charge in [0.05, 0.1) is 0 Å². The van der Waals surface area contributed by atoms with Gasteiger partial charge in [0.2, 0.25) is 0 Å². The van der Waals surface area contributed by atoms with E-state index in [2.05, 4.69) is 30.0 Å². The van der Waals surface area contributed by atoms with Crippen molar-refractivity contribution in [1.82, 2.24) is 0 Å². The van der Waals surface area contributed by atoms with Crippen molar-refractivity contribution in [3.8, 4) is 0 Å². The van der Waals surface area contributed by atoms with E-state index < -0.39 is 0 Å². The molecule has 52 valence electrons. The Kier molecular flexibility index (Phi) is 7.75. The summed E-state index contributed by atoms with van der Waals surface area (Å²) in [6.07, 6.45) is 1.19. The molecule has 1 atom stereocenters. The maximum atomic E-state index is 7.00. The summed E-state index contributed by atoms with van der Waals surface area (Å²) in [4.78, 5) is 0. The molecule has 0 radical (unpaired) electrons. The molecule has 0 bridgehead atoms. The normalized spacial score (nSPS) is 9.75. The van der Waals surface area contributed by atoms with Crippen LogP contribution in [0.15, 0.2) is 0 Å². The Morgan fingerprint density at radius 1 is 1.25 bits per heavy atom. The van der Waals surface area contributed by atoms with Crippen LogP contribution in [0, 0.1) is 5.41 Å². The quantitative estimate of drug-likeness (QED) is 0.500. The predicted molar refractivity (Wildman–Crippen MR) is 42.2 cm³/mol. The highest BCUT2D eigenvalue weighted by atomic mass is 31.0. The van der Waals surface area contributed by atoms with Gasteiger partial charge in [-0.3, -0.25) is 0 Å². The van der Waals surface area contributed by atoms with Gasteiger partial charge in [0.1, 0.15) is 0 Å². The van der Waals surface area contributed by atoms with Crippen LogP contribution in [0.25, 0.3) is 0 Å². The fourth-order valence-electron chi connectivity index (χ4n) is 0. The molecule has 0 aromatic heterocycles. The Bertz CT molecular complexity index is 38.3. The lowest BCUT2D eigenvalue weighted by molar-refractivity contribution is 0.399. The summed E-state index contributed by atoms with van der Waals surface area (Å²) in [6.45, 7) is 6.67. The number of hydrogen-bond donors (Lipinski definition) is 1. The van der Waals surface area contributed by atoms with Gasteiger partial charge in [0, 0.05) is 7.11 Å². The first-order chi connectivity index (χ1) is 3.56. The molecule has 0 fully saturated rings. The zero-order valence-corrected chi connectivity index (χ0v) is 7.39. The molecule has 0 aliphatic carbocycles. The standard InChI is InChI=1S/C5H13P.CH4O/c1-5(2,3)4-6;1-2/h4,6H2,1-3H3;2H,1H3. The van der Waals surface area contributed by atoms with Gasteiger partial charge in [-0.15, -0.1) is 9.24 Å². The number of rotatable bonds is 0. The molecule has 0 aromatic rings. The van der Waals surface area contributed by atoms with E-state index in [0.717, 1.165) is 7.11 Å². The Hall–Kier alpha value is 0.390. The fraction of sp³-hybridized carbons (Fsp3) is 1.00. The first kappa shape index (κ1) is 11.2. The molecule has 0 saturated heterocycles. The lowest BCUT2D eigenvalue weighted by Crippen LogP contribution is -2.04. The van der Waals surface area contributed by atoms with E-state index >= 15 is 0 Å². The van der Waals surface area contributed by atoms with E-state index in [1.807, 2.05) is 0 Å². The van der Waals surface area contributed by atoms with Crippen LogP contribution in [0.2, 0.25) is 0 Å². The molecule has 0 aliphatic rings. The van der Waals surface area contributed by atoms with Crippen molar-refractivity contribution >= 4 is 9.24 Å². The third-order valence-electron chi connectivity index (χ3n) is 0.612. The molecule has 0 saturated carbocycles. The number of aliphatic hydroxyl groups is 1. The van der Waals surface area contributed by atoms with Gasteiger partial charge in [-0.25, -0.2) is 0 Å². The van der Waals surface area contributed by atoms with E-state index in [-0.39, 0.29) is 0 Å². The third kappa shape index (κ3) is 16.2. The monoisotopic (exact) mass is 136 g/mol. The second-order valence-corrected chi connectivity index (χ2v) is 3.17. The summed E-state index contributed by atoms with van der Waals surface area (Å²) < 4.78 is 0. The van der Waals surface area contributed by atoms with Gasteiger partial charge in [-0.1, -0.05) is 20.8 Å². The van der Waals surface area contributed by atoms with Crippen molar-refractivity contribution < 1.29 is 5.11 Å². The Morgan fingerprint density at radius 2 is 1.38 bits per heavy atom. The number of aliphatic hydroxyl groups excluding tert-OH is 1. The molecule has 0 aliphatic heterocycles. The molecule has 0 heterocycles. The van der Waals surface area contributed by atoms with Crippen LogP contribution in [-0.4, -0.2) is 18.4 Å². The van der Waals surface area contributed by atoms with Crippen LogP contribution in [0.4, 0.5) is 0 Å². The summed E-state index contributed by atoms with van der Waals surface area (Å²) in [5.74, 6) is 0. The molecule has 2 heteroatoms. The first-order valence-corrected chi connectivity index (χ1v) is 3.53. The van der Waals surface area contributed by atoms with Crippen LogP contribution < -0.4 is 0 Å². The maximum Gasteiger partial charge on any atom is 0.0319 e.